The molecule has 176 valence electrons. The number of esters is 1. The molecule has 0 saturated carbocycles. The molecule has 0 aromatic heterocycles. The first-order valence-electron chi connectivity index (χ1n) is 9.92. The molecule has 0 bridgehead atoms. The normalized spacial score (nSPS) is 16.0. The van der Waals surface area contributed by atoms with E-state index in [0.717, 1.165) is 0 Å². The standard InChI is InChI=1S/C22H24N2O8S/c1-4-32-21(26)18-15(12-33(28,29)14-8-6-5-7-9-14)23-22(27)24-19(18)13-10-16(30-2)20(25)17(11-13)31-3/h5-11,19,25H,4,12H2,1-3H3,(H2,23,24,27)/t19-/m0/s1. The minimum atomic E-state index is -3.90. The number of carbonyl (C=O) groups excluding carboxylic acids is 2. The van der Waals surface area contributed by atoms with Gasteiger partial charge in [0.2, 0.25) is 5.75 Å². The average Bonchev–Trinajstić information content (AvgIpc) is 2.79. The molecule has 0 aliphatic carbocycles. The van der Waals surface area contributed by atoms with Crippen molar-refractivity contribution >= 4 is 21.8 Å². The Bertz CT molecular complexity index is 1170. The third-order valence-electron chi connectivity index (χ3n) is 4.92. The summed E-state index contributed by atoms with van der Waals surface area (Å²) in [5.74, 6) is -1.63. The zero-order chi connectivity index (χ0) is 24.2. The number of hydrogen-bond donors (Lipinski definition) is 3. The summed E-state index contributed by atoms with van der Waals surface area (Å²) in [7, 11) is -1.24. The Labute approximate surface area is 191 Å². The molecular weight excluding hydrogens is 452 g/mol. The van der Waals surface area contributed by atoms with Crippen molar-refractivity contribution in [3.63, 3.8) is 0 Å². The van der Waals surface area contributed by atoms with Crippen LogP contribution >= 0.6 is 0 Å². The van der Waals surface area contributed by atoms with Crippen LogP contribution in [0, 0.1) is 0 Å². The van der Waals surface area contributed by atoms with Gasteiger partial charge >= 0.3 is 12.0 Å². The van der Waals surface area contributed by atoms with Crippen LogP contribution < -0.4 is 20.1 Å². The van der Waals surface area contributed by atoms with Crippen molar-refractivity contribution in [3.8, 4) is 17.2 Å². The molecule has 1 aliphatic rings. The van der Waals surface area contributed by atoms with Crippen LogP contribution in [0.5, 0.6) is 17.2 Å². The van der Waals surface area contributed by atoms with Gasteiger partial charge in [-0.05, 0) is 36.8 Å². The smallest absolute Gasteiger partial charge is 0.338 e. The van der Waals surface area contributed by atoms with Gasteiger partial charge in [0.05, 0.1) is 43.1 Å². The molecule has 3 N–H and O–H groups in total. The number of rotatable bonds is 8. The highest BCUT2D eigenvalue weighted by atomic mass is 32.2. The number of sulfone groups is 1. The van der Waals surface area contributed by atoms with Crippen LogP contribution in [0.4, 0.5) is 4.79 Å². The number of benzene rings is 2. The molecule has 0 radical (unpaired) electrons. The summed E-state index contributed by atoms with van der Waals surface area (Å²) in [6.07, 6.45) is 0. The number of phenolic OH excluding ortho intramolecular Hbond substituents is 1. The molecule has 11 heteroatoms. The van der Waals surface area contributed by atoms with Crippen LogP contribution in [0.3, 0.4) is 0 Å². The number of phenols is 1. The summed E-state index contributed by atoms with van der Waals surface area (Å²) in [5, 5.41) is 15.3. The highest BCUT2D eigenvalue weighted by molar-refractivity contribution is 7.91. The lowest BCUT2D eigenvalue weighted by atomic mass is 9.95. The van der Waals surface area contributed by atoms with Gasteiger partial charge in [-0.2, -0.15) is 0 Å². The van der Waals surface area contributed by atoms with Gasteiger partial charge in [-0.25, -0.2) is 18.0 Å². The van der Waals surface area contributed by atoms with Gasteiger partial charge in [0.25, 0.3) is 0 Å². The van der Waals surface area contributed by atoms with Gasteiger partial charge in [0.1, 0.15) is 0 Å². The molecule has 2 aromatic rings. The van der Waals surface area contributed by atoms with Gasteiger partial charge in [0, 0.05) is 5.70 Å². The number of amides is 2. The second-order valence-electron chi connectivity index (χ2n) is 6.99. The summed E-state index contributed by atoms with van der Waals surface area (Å²) in [6.45, 7) is 1.64. The molecule has 2 aromatic carbocycles. The van der Waals surface area contributed by atoms with Crippen molar-refractivity contribution < 1.29 is 37.3 Å². The Balaban J connectivity index is 2.17. The molecule has 33 heavy (non-hydrogen) atoms. The maximum absolute atomic E-state index is 13.0. The molecule has 0 spiro atoms. The Kier molecular flexibility index (Phi) is 7.12. The number of hydrogen-bond acceptors (Lipinski definition) is 8. The maximum atomic E-state index is 13.0. The monoisotopic (exact) mass is 476 g/mol. The fourth-order valence-electron chi connectivity index (χ4n) is 3.41. The Hall–Kier alpha value is -3.73. The summed E-state index contributed by atoms with van der Waals surface area (Å²) in [6, 6.07) is 8.70. The molecular formula is C22H24N2O8S. The van der Waals surface area contributed by atoms with Crippen LogP contribution in [-0.4, -0.2) is 52.1 Å². The minimum Gasteiger partial charge on any atom is -0.502 e. The van der Waals surface area contributed by atoms with E-state index in [9.17, 15) is 23.1 Å². The van der Waals surface area contributed by atoms with E-state index in [1.165, 1.54) is 38.5 Å². The van der Waals surface area contributed by atoms with E-state index < -0.39 is 33.6 Å². The maximum Gasteiger partial charge on any atom is 0.338 e. The lowest BCUT2D eigenvalue weighted by Gasteiger charge is -2.29. The molecule has 1 heterocycles. The van der Waals surface area contributed by atoms with E-state index in [0.29, 0.717) is 5.56 Å². The van der Waals surface area contributed by atoms with Crippen molar-refractivity contribution in [2.45, 2.75) is 17.9 Å². The van der Waals surface area contributed by atoms with Crippen LogP contribution in [0.25, 0.3) is 0 Å². The van der Waals surface area contributed by atoms with Crippen molar-refractivity contribution in [2.24, 2.45) is 0 Å². The van der Waals surface area contributed by atoms with Crippen molar-refractivity contribution in [1.29, 1.82) is 0 Å². The van der Waals surface area contributed by atoms with Gasteiger partial charge in [0.15, 0.2) is 21.3 Å². The number of ether oxygens (including phenoxy) is 3. The van der Waals surface area contributed by atoms with E-state index >= 15 is 0 Å². The van der Waals surface area contributed by atoms with E-state index in [1.807, 2.05) is 0 Å². The van der Waals surface area contributed by atoms with Crippen molar-refractivity contribution in [3.05, 3.63) is 59.3 Å². The fourth-order valence-corrected chi connectivity index (χ4v) is 4.76. The molecule has 3 rings (SSSR count). The number of carbonyl (C=O) groups is 2. The Morgan fingerprint density at radius 2 is 1.70 bits per heavy atom. The first-order valence-corrected chi connectivity index (χ1v) is 11.6. The van der Waals surface area contributed by atoms with Gasteiger partial charge in [-0.3, -0.25) is 0 Å². The van der Waals surface area contributed by atoms with Crippen LogP contribution in [0.15, 0.2) is 58.6 Å². The minimum absolute atomic E-state index is 0.0317. The highest BCUT2D eigenvalue weighted by Crippen LogP contribution is 2.41. The van der Waals surface area contributed by atoms with Gasteiger partial charge in [-0.1, -0.05) is 18.2 Å². The van der Waals surface area contributed by atoms with Gasteiger partial charge in [-0.15, -0.1) is 0 Å². The SMILES string of the molecule is CCOC(=O)C1=C(CS(=O)(=O)c2ccccc2)NC(=O)N[C@H]1c1cc(OC)c(O)c(OC)c1. The zero-order valence-electron chi connectivity index (χ0n) is 18.2. The highest BCUT2D eigenvalue weighted by Gasteiger charge is 2.36. The molecule has 1 aliphatic heterocycles. The van der Waals surface area contributed by atoms with Crippen LogP contribution in [-0.2, 0) is 19.4 Å². The van der Waals surface area contributed by atoms with E-state index in [-0.39, 0.29) is 40.0 Å². The lowest BCUT2D eigenvalue weighted by molar-refractivity contribution is -0.139. The van der Waals surface area contributed by atoms with Gasteiger partial charge < -0.3 is 30.0 Å². The first-order chi connectivity index (χ1) is 15.7. The number of aromatic hydroxyl groups is 1. The summed E-state index contributed by atoms with van der Waals surface area (Å²) in [4.78, 5) is 25.4. The lowest BCUT2D eigenvalue weighted by Crippen LogP contribution is -2.47. The predicted molar refractivity (Wildman–Crippen MR) is 118 cm³/mol. The summed E-state index contributed by atoms with van der Waals surface area (Å²) in [5.41, 5.74) is 0.108. The van der Waals surface area contributed by atoms with Crippen molar-refractivity contribution in [2.75, 3.05) is 26.6 Å². The quantitative estimate of drug-likeness (QED) is 0.492. The Morgan fingerprint density at radius 3 is 2.24 bits per heavy atom. The zero-order valence-corrected chi connectivity index (χ0v) is 19.1. The number of methoxy groups -OCH3 is 2. The predicted octanol–water partition coefficient (Wildman–Crippen LogP) is 2.05. The molecule has 2 amide bonds. The second-order valence-corrected chi connectivity index (χ2v) is 8.98. The molecule has 0 fully saturated rings. The molecule has 1 atom stereocenters. The fraction of sp³-hybridized carbons (Fsp3) is 0.273. The van der Waals surface area contributed by atoms with Crippen LogP contribution in [0.2, 0.25) is 0 Å². The molecule has 0 saturated heterocycles. The van der Waals surface area contributed by atoms with Crippen molar-refractivity contribution in [1.82, 2.24) is 10.6 Å². The second kappa shape index (κ2) is 9.82. The summed E-state index contributed by atoms with van der Waals surface area (Å²) < 4.78 is 41.5. The molecule has 10 nitrogen and oxygen atoms in total. The van der Waals surface area contributed by atoms with E-state index in [2.05, 4.69) is 10.6 Å². The third-order valence-corrected chi connectivity index (χ3v) is 6.58. The number of nitrogens with one attached hydrogen (secondary N) is 2. The topological polar surface area (TPSA) is 140 Å². The van der Waals surface area contributed by atoms with E-state index in [4.69, 9.17) is 14.2 Å². The first kappa shape index (κ1) is 23.9. The van der Waals surface area contributed by atoms with Crippen LogP contribution in [0.1, 0.15) is 18.5 Å². The summed E-state index contributed by atoms with van der Waals surface area (Å²) >= 11 is 0. The third kappa shape index (κ3) is 5.03. The van der Waals surface area contributed by atoms with E-state index in [1.54, 1.807) is 25.1 Å². The largest absolute Gasteiger partial charge is 0.502 e. The average molecular weight is 477 g/mol. The number of urea groups is 1. The Morgan fingerprint density at radius 1 is 1.09 bits per heavy atom. The molecule has 0 unspecified atom stereocenters.